The third-order valence-electron chi connectivity index (χ3n) is 6.83. The van der Waals surface area contributed by atoms with E-state index >= 15 is 0 Å². The van der Waals surface area contributed by atoms with Gasteiger partial charge in [-0.3, -0.25) is 24.6 Å². The molecule has 1 fully saturated rings. The second-order valence-corrected chi connectivity index (χ2v) is 9.03. The first-order valence-corrected chi connectivity index (χ1v) is 11.0. The van der Waals surface area contributed by atoms with Crippen molar-refractivity contribution in [2.45, 2.75) is 11.5 Å². The average molecular weight is 480 g/mol. The molecule has 0 bridgehead atoms. The van der Waals surface area contributed by atoms with Crippen LogP contribution in [0.3, 0.4) is 0 Å². The number of nitro benzene ring substituents is 1. The molecule has 3 atom stereocenters. The Morgan fingerprint density at radius 2 is 1.91 bits per heavy atom. The van der Waals surface area contributed by atoms with Gasteiger partial charge in [0.25, 0.3) is 5.69 Å². The molecule has 1 spiro atoms. The molecule has 0 aromatic heterocycles. The molecule has 3 aromatic carbocycles. The number of anilines is 1. The van der Waals surface area contributed by atoms with Gasteiger partial charge in [0.05, 0.1) is 10.8 Å². The van der Waals surface area contributed by atoms with E-state index in [0.29, 0.717) is 21.8 Å². The number of nitrogens with one attached hydrogen (secondary N) is 1. The Kier molecular flexibility index (Phi) is 5.22. The van der Waals surface area contributed by atoms with Gasteiger partial charge in [-0.25, -0.2) is 4.39 Å². The number of likely N-dealkylation sites (N-methyl/N-ethyl adjacent to an activating group) is 1. The predicted molar refractivity (Wildman–Crippen MR) is 124 cm³/mol. The van der Waals surface area contributed by atoms with E-state index in [9.17, 15) is 24.1 Å². The molecule has 1 saturated heterocycles. The molecule has 34 heavy (non-hydrogen) atoms. The first-order valence-electron chi connectivity index (χ1n) is 10.6. The zero-order valence-electron chi connectivity index (χ0n) is 18.0. The van der Waals surface area contributed by atoms with Gasteiger partial charge in [-0.1, -0.05) is 23.7 Å². The van der Waals surface area contributed by atoms with Gasteiger partial charge in [0.15, 0.2) is 5.78 Å². The largest absolute Gasteiger partial charge is 0.324 e. The minimum atomic E-state index is -1.39. The highest BCUT2D eigenvalue weighted by atomic mass is 35.5. The Morgan fingerprint density at radius 1 is 1.18 bits per heavy atom. The van der Waals surface area contributed by atoms with E-state index in [-0.39, 0.29) is 29.5 Å². The summed E-state index contributed by atoms with van der Waals surface area (Å²) in [5.41, 5.74) is 0.453. The van der Waals surface area contributed by atoms with Crippen LogP contribution < -0.4 is 5.32 Å². The number of benzene rings is 3. The van der Waals surface area contributed by atoms with Crippen LogP contribution in [0.4, 0.5) is 15.8 Å². The quantitative estimate of drug-likeness (QED) is 0.331. The van der Waals surface area contributed by atoms with Crippen LogP contribution in [-0.4, -0.2) is 35.1 Å². The first-order chi connectivity index (χ1) is 16.2. The van der Waals surface area contributed by atoms with E-state index in [4.69, 9.17) is 11.6 Å². The number of amides is 1. The summed E-state index contributed by atoms with van der Waals surface area (Å²) in [7, 11) is 1.75. The number of rotatable bonds is 4. The van der Waals surface area contributed by atoms with Crippen molar-refractivity contribution in [2.75, 3.05) is 18.9 Å². The number of carbonyl (C=O) groups excluding carboxylic acids is 2. The minimum absolute atomic E-state index is 0.103. The number of hydrogen-bond acceptors (Lipinski definition) is 5. The molecular formula is C25H19ClFN3O4. The SMILES string of the molecule is CN1C[C@H](c2cccc([N+](=O)[O-])c2)[C@@H](C(=O)c2ccc(F)cc2)[C@]12C(=O)Nc1ccc(Cl)cc12. The third kappa shape index (κ3) is 3.21. The molecule has 1 amide bonds. The highest BCUT2D eigenvalue weighted by Gasteiger charge is 2.64. The van der Waals surface area contributed by atoms with Crippen LogP contribution in [0.2, 0.25) is 5.02 Å². The Balaban J connectivity index is 1.74. The Morgan fingerprint density at radius 3 is 2.62 bits per heavy atom. The second kappa shape index (κ2) is 8.00. The Labute approximate surface area is 199 Å². The van der Waals surface area contributed by atoms with Gasteiger partial charge >= 0.3 is 0 Å². The molecule has 2 aliphatic rings. The van der Waals surface area contributed by atoms with Crippen molar-refractivity contribution in [3.63, 3.8) is 0 Å². The lowest BCUT2D eigenvalue weighted by molar-refractivity contribution is -0.384. The van der Waals surface area contributed by atoms with Crippen molar-refractivity contribution in [2.24, 2.45) is 5.92 Å². The fourth-order valence-electron chi connectivity index (χ4n) is 5.37. The van der Waals surface area contributed by atoms with Crippen LogP contribution in [0.15, 0.2) is 66.7 Å². The van der Waals surface area contributed by atoms with Crippen LogP contribution in [0.1, 0.15) is 27.4 Å². The number of carbonyl (C=O) groups is 2. The monoisotopic (exact) mass is 479 g/mol. The fraction of sp³-hybridized carbons (Fsp3) is 0.200. The van der Waals surface area contributed by atoms with Crippen LogP contribution in [-0.2, 0) is 10.3 Å². The predicted octanol–water partition coefficient (Wildman–Crippen LogP) is 4.76. The molecule has 3 aromatic rings. The Hall–Kier alpha value is -3.62. The van der Waals surface area contributed by atoms with Crippen LogP contribution in [0.5, 0.6) is 0 Å². The highest BCUT2D eigenvalue weighted by molar-refractivity contribution is 6.31. The summed E-state index contributed by atoms with van der Waals surface area (Å²) in [6.45, 7) is 0.290. The molecule has 9 heteroatoms. The smallest absolute Gasteiger partial charge is 0.269 e. The summed E-state index contributed by atoms with van der Waals surface area (Å²) < 4.78 is 13.6. The summed E-state index contributed by atoms with van der Waals surface area (Å²) >= 11 is 6.29. The number of likely N-dealkylation sites (tertiary alicyclic amines) is 1. The number of fused-ring (bicyclic) bond motifs is 2. The average Bonchev–Trinajstić information content (AvgIpc) is 3.29. The van der Waals surface area contributed by atoms with E-state index in [1.165, 1.54) is 36.4 Å². The lowest BCUT2D eigenvalue weighted by atomic mass is 9.70. The Bertz CT molecular complexity index is 1350. The number of halogens is 2. The van der Waals surface area contributed by atoms with Crippen LogP contribution >= 0.6 is 11.6 Å². The summed E-state index contributed by atoms with van der Waals surface area (Å²) in [5.74, 6) is -2.70. The van der Waals surface area contributed by atoms with Gasteiger partial charge in [0, 0.05) is 46.4 Å². The molecular weight excluding hydrogens is 461 g/mol. The van der Waals surface area contributed by atoms with Crippen LogP contribution in [0, 0.1) is 21.8 Å². The molecule has 0 radical (unpaired) electrons. The summed E-state index contributed by atoms with van der Waals surface area (Å²) in [6.07, 6.45) is 0. The standard InChI is InChI=1S/C25H19ClFN3O4/c1-29-13-19(15-3-2-4-18(11-15)30(33)34)22(23(31)14-5-8-17(27)9-6-14)25(29)20-12-16(26)7-10-21(20)28-24(25)32/h2-12,19,22H,13H2,1H3,(H,28,32)/t19-,22+,25-/m1/s1. The molecule has 2 aliphatic heterocycles. The van der Waals surface area contributed by atoms with Gasteiger partial charge in [-0.15, -0.1) is 0 Å². The van der Waals surface area contributed by atoms with Crippen molar-refractivity contribution in [1.29, 1.82) is 0 Å². The molecule has 1 N–H and O–H groups in total. The van der Waals surface area contributed by atoms with Crippen molar-refractivity contribution in [3.05, 3.63) is 104 Å². The molecule has 0 saturated carbocycles. The zero-order valence-corrected chi connectivity index (χ0v) is 18.8. The summed E-state index contributed by atoms with van der Waals surface area (Å²) in [5, 5.41) is 14.7. The molecule has 2 heterocycles. The number of non-ortho nitro benzene ring substituents is 1. The van der Waals surface area contributed by atoms with Crippen molar-refractivity contribution in [3.8, 4) is 0 Å². The fourth-order valence-corrected chi connectivity index (χ4v) is 5.55. The van der Waals surface area contributed by atoms with Crippen LogP contribution in [0.25, 0.3) is 0 Å². The van der Waals surface area contributed by atoms with E-state index in [2.05, 4.69) is 5.32 Å². The number of hydrogen-bond donors (Lipinski definition) is 1. The maximum absolute atomic E-state index is 14.0. The molecule has 0 unspecified atom stereocenters. The van der Waals surface area contributed by atoms with Gasteiger partial charge in [0.1, 0.15) is 11.4 Å². The number of ketones is 1. The maximum atomic E-state index is 14.0. The number of nitrogens with zero attached hydrogens (tertiary/aromatic N) is 2. The van der Waals surface area contributed by atoms with Crippen molar-refractivity contribution < 1.29 is 18.9 Å². The molecule has 172 valence electrons. The van der Waals surface area contributed by atoms with E-state index in [1.54, 1.807) is 42.3 Å². The van der Waals surface area contributed by atoms with Gasteiger partial charge in [-0.2, -0.15) is 0 Å². The zero-order chi connectivity index (χ0) is 24.2. The van der Waals surface area contributed by atoms with Crippen molar-refractivity contribution >= 4 is 34.7 Å². The first kappa shape index (κ1) is 22.2. The second-order valence-electron chi connectivity index (χ2n) is 8.60. The summed E-state index contributed by atoms with van der Waals surface area (Å²) in [4.78, 5) is 40.4. The topological polar surface area (TPSA) is 92.5 Å². The van der Waals surface area contributed by atoms with Crippen molar-refractivity contribution in [1.82, 2.24) is 4.90 Å². The third-order valence-corrected chi connectivity index (χ3v) is 7.07. The molecule has 0 aliphatic carbocycles. The van der Waals surface area contributed by atoms with E-state index in [0.717, 1.165) is 0 Å². The number of Topliss-reactive ketones (excluding diaryl/α,β-unsaturated/α-hetero) is 1. The normalized spacial score (nSPS) is 23.7. The van der Waals surface area contributed by atoms with Gasteiger partial charge in [-0.05, 0) is 55.1 Å². The molecule has 5 rings (SSSR count). The lowest BCUT2D eigenvalue weighted by Crippen LogP contribution is -2.51. The van der Waals surface area contributed by atoms with Gasteiger partial charge in [0.2, 0.25) is 5.91 Å². The van der Waals surface area contributed by atoms with E-state index in [1.807, 2.05) is 0 Å². The van der Waals surface area contributed by atoms with E-state index < -0.39 is 28.1 Å². The molecule has 7 nitrogen and oxygen atoms in total. The summed E-state index contributed by atoms with van der Waals surface area (Å²) in [6, 6.07) is 16.3. The number of nitro groups is 1. The highest BCUT2D eigenvalue weighted by Crippen LogP contribution is 2.56. The van der Waals surface area contributed by atoms with Gasteiger partial charge < -0.3 is 5.32 Å². The maximum Gasteiger partial charge on any atom is 0.269 e. The lowest BCUT2D eigenvalue weighted by Gasteiger charge is -2.35. The minimum Gasteiger partial charge on any atom is -0.324 e.